The summed E-state index contributed by atoms with van der Waals surface area (Å²) in [4.78, 5) is 34.5. The van der Waals surface area contributed by atoms with E-state index >= 15 is 0 Å². The Morgan fingerprint density at radius 2 is 1.79 bits per heavy atom. The highest BCUT2D eigenvalue weighted by atomic mass is 16.6. The van der Waals surface area contributed by atoms with E-state index in [0.29, 0.717) is 0 Å². The van der Waals surface area contributed by atoms with Crippen molar-refractivity contribution >= 4 is 18.0 Å². The Bertz CT molecular complexity index is 543. The summed E-state index contributed by atoms with van der Waals surface area (Å²) in [6, 6.07) is 8.02. The lowest BCUT2D eigenvalue weighted by Gasteiger charge is -2.17. The van der Waals surface area contributed by atoms with E-state index in [9.17, 15) is 14.4 Å². The Labute approximate surface area is 141 Å². The molecule has 2 N–H and O–H groups in total. The summed E-state index contributed by atoms with van der Waals surface area (Å²) >= 11 is 0. The van der Waals surface area contributed by atoms with Crippen LogP contribution >= 0.6 is 0 Å². The fourth-order valence-corrected chi connectivity index (χ4v) is 1.77. The van der Waals surface area contributed by atoms with Crippen LogP contribution in [0.25, 0.3) is 0 Å². The Balaban J connectivity index is 2.53. The van der Waals surface area contributed by atoms with Crippen LogP contribution in [-0.2, 0) is 25.7 Å². The zero-order chi connectivity index (χ0) is 17.9. The molecule has 0 aliphatic carbocycles. The number of hydrogen-bond acceptors (Lipinski definition) is 5. The van der Waals surface area contributed by atoms with Gasteiger partial charge < -0.3 is 19.9 Å². The van der Waals surface area contributed by atoms with Crippen molar-refractivity contribution in [3.63, 3.8) is 0 Å². The van der Waals surface area contributed by atoms with E-state index in [0.717, 1.165) is 5.56 Å². The smallest absolute Gasteiger partial charge is 0.408 e. The number of carboxylic acids is 1. The first-order chi connectivity index (χ1) is 11.4. The van der Waals surface area contributed by atoms with Crippen molar-refractivity contribution < 1.29 is 29.0 Å². The lowest BCUT2D eigenvalue weighted by Crippen LogP contribution is -2.42. The molecule has 7 heteroatoms. The fraction of sp³-hybridized carbons (Fsp3) is 0.471. The largest absolute Gasteiger partial charge is 0.481 e. The van der Waals surface area contributed by atoms with Gasteiger partial charge in [-0.25, -0.2) is 9.59 Å². The van der Waals surface area contributed by atoms with Gasteiger partial charge in [-0.1, -0.05) is 44.2 Å². The van der Waals surface area contributed by atoms with Crippen LogP contribution in [0.1, 0.15) is 32.3 Å². The highest BCUT2D eigenvalue weighted by molar-refractivity contribution is 5.82. The number of rotatable bonds is 9. The number of nitrogens with one attached hydrogen (secondary N) is 1. The molecule has 1 aromatic rings. The second-order valence-corrected chi connectivity index (χ2v) is 5.71. The van der Waals surface area contributed by atoms with Crippen LogP contribution < -0.4 is 5.32 Å². The zero-order valence-corrected chi connectivity index (χ0v) is 13.9. The summed E-state index contributed by atoms with van der Waals surface area (Å²) in [5.41, 5.74) is 0.803. The third kappa shape index (κ3) is 8.17. The van der Waals surface area contributed by atoms with Gasteiger partial charge in [0, 0.05) is 6.42 Å². The number of aliphatic carboxylic acids is 1. The molecule has 7 nitrogen and oxygen atoms in total. The molecule has 1 amide bonds. The quantitative estimate of drug-likeness (QED) is 0.671. The van der Waals surface area contributed by atoms with Crippen molar-refractivity contribution in [3.8, 4) is 0 Å². The van der Waals surface area contributed by atoms with Gasteiger partial charge in [0.2, 0.25) is 0 Å². The molecule has 0 heterocycles. The fourth-order valence-electron chi connectivity index (χ4n) is 1.77. The molecule has 0 fully saturated rings. The molecule has 0 aliphatic rings. The maximum Gasteiger partial charge on any atom is 0.408 e. The molecule has 1 rings (SSSR count). The Morgan fingerprint density at radius 3 is 2.38 bits per heavy atom. The monoisotopic (exact) mass is 337 g/mol. The van der Waals surface area contributed by atoms with Crippen LogP contribution in [-0.4, -0.2) is 35.8 Å². The number of carbonyl (C=O) groups excluding carboxylic acids is 2. The number of esters is 1. The average Bonchev–Trinajstić information content (AvgIpc) is 2.55. The van der Waals surface area contributed by atoms with Crippen molar-refractivity contribution in [1.82, 2.24) is 5.32 Å². The van der Waals surface area contributed by atoms with E-state index in [1.165, 1.54) is 0 Å². The molecule has 0 bridgehead atoms. The maximum absolute atomic E-state index is 12.0. The minimum absolute atomic E-state index is 0.0549. The van der Waals surface area contributed by atoms with Gasteiger partial charge in [0.25, 0.3) is 0 Å². The predicted molar refractivity (Wildman–Crippen MR) is 86.2 cm³/mol. The molecule has 132 valence electrons. The van der Waals surface area contributed by atoms with Gasteiger partial charge in [0.15, 0.2) is 0 Å². The molecule has 1 atom stereocenters. The minimum Gasteiger partial charge on any atom is -0.481 e. The van der Waals surface area contributed by atoms with Crippen molar-refractivity contribution in [1.29, 1.82) is 0 Å². The standard InChI is InChI=1S/C17H23NO6/c1-12(2)10-23-16(21)14(8-9-15(19)20)18-17(22)24-11-13-6-4-3-5-7-13/h3-7,12,14H,8-11H2,1-2H3,(H,18,22)(H,19,20). The first-order valence-electron chi connectivity index (χ1n) is 7.74. The molecule has 24 heavy (non-hydrogen) atoms. The maximum atomic E-state index is 12.0. The highest BCUT2D eigenvalue weighted by Gasteiger charge is 2.24. The number of hydrogen-bond donors (Lipinski definition) is 2. The van der Waals surface area contributed by atoms with Crippen molar-refractivity contribution in [2.24, 2.45) is 5.92 Å². The summed E-state index contributed by atoms with van der Waals surface area (Å²) in [5.74, 6) is -1.59. The van der Waals surface area contributed by atoms with E-state index in [1.807, 2.05) is 32.0 Å². The van der Waals surface area contributed by atoms with Gasteiger partial charge in [0.05, 0.1) is 6.61 Å². The molecular formula is C17H23NO6. The summed E-state index contributed by atoms with van der Waals surface area (Å²) in [5, 5.41) is 11.1. The van der Waals surface area contributed by atoms with Crippen LogP contribution in [0.15, 0.2) is 30.3 Å². The Kier molecular flexibility index (Phi) is 8.32. The molecule has 1 unspecified atom stereocenters. The molecule has 0 aliphatic heterocycles. The summed E-state index contributed by atoms with van der Waals surface area (Å²) < 4.78 is 10.1. The normalized spacial score (nSPS) is 11.6. The highest BCUT2D eigenvalue weighted by Crippen LogP contribution is 2.05. The van der Waals surface area contributed by atoms with Crippen molar-refractivity contribution in [2.75, 3.05) is 6.61 Å². The van der Waals surface area contributed by atoms with Gasteiger partial charge in [0.1, 0.15) is 12.6 Å². The predicted octanol–water partition coefficient (Wildman–Crippen LogP) is 2.35. The zero-order valence-electron chi connectivity index (χ0n) is 13.9. The minimum atomic E-state index is -1.06. The van der Waals surface area contributed by atoms with E-state index in [2.05, 4.69) is 5.32 Å². The van der Waals surface area contributed by atoms with Crippen LogP contribution in [0.3, 0.4) is 0 Å². The van der Waals surface area contributed by atoms with Crippen LogP contribution in [0.4, 0.5) is 4.79 Å². The number of alkyl carbamates (subject to hydrolysis) is 1. The number of benzene rings is 1. The van der Waals surface area contributed by atoms with Crippen LogP contribution in [0.2, 0.25) is 0 Å². The molecule has 0 saturated carbocycles. The lowest BCUT2D eigenvalue weighted by molar-refractivity contribution is -0.147. The topological polar surface area (TPSA) is 102 Å². The third-order valence-electron chi connectivity index (χ3n) is 3.00. The lowest BCUT2D eigenvalue weighted by atomic mass is 10.1. The van der Waals surface area contributed by atoms with Gasteiger partial charge >= 0.3 is 18.0 Å². The van der Waals surface area contributed by atoms with Crippen molar-refractivity contribution in [2.45, 2.75) is 39.3 Å². The molecule has 0 radical (unpaired) electrons. The van der Waals surface area contributed by atoms with E-state index < -0.39 is 24.1 Å². The van der Waals surface area contributed by atoms with Gasteiger partial charge in [-0.15, -0.1) is 0 Å². The molecule has 0 spiro atoms. The molecular weight excluding hydrogens is 314 g/mol. The van der Waals surface area contributed by atoms with Gasteiger partial charge in [-0.3, -0.25) is 4.79 Å². The summed E-state index contributed by atoms with van der Waals surface area (Å²) in [6.45, 7) is 4.00. The van der Waals surface area contributed by atoms with E-state index in [-0.39, 0.29) is 32.0 Å². The molecule has 0 aromatic heterocycles. The van der Waals surface area contributed by atoms with Crippen LogP contribution in [0.5, 0.6) is 0 Å². The van der Waals surface area contributed by atoms with E-state index in [4.69, 9.17) is 14.6 Å². The Hall–Kier alpha value is -2.57. The van der Waals surface area contributed by atoms with Crippen LogP contribution in [0, 0.1) is 5.92 Å². The number of carboxylic acid groups (broad SMARTS) is 1. The molecule has 1 aromatic carbocycles. The average molecular weight is 337 g/mol. The number of amides is 1. The summed E-state index contributed by atoms with van der Waals surface area (Å²) in [7, 11) is 0. The molecule has 0 saturated heterocycles. The third-order valence-corrected chi connectivity index (χ3v) is 3.00. The first kappa shape index (κ1) is 19.5. The second-order valence-electron chi connectivity index (χ2n) is 5.71. The first-order valence-corrected chi connectivity index (χ1v) is 7.74. The van der Waals surface area contributed by atoms with E-state index in [1.54, 1.807) is 12.1 Å². The number of carbonyl (C=O) groups is 3. The van der Waals surface area contributed by atoms with Crippen molar-refractivity contribution in [3.05, 3.63) is 35.9 Å². The second kappa shape index (κ2) is 10.3. The van der Waals surface area contributed by atoms with Gasteiger partial charge in [-0.05, 0) is 17.9 Å². The van der Waals surface area contributed by atoms with Gasteiger partial charge in [-0.2, -0.15) is 0 Å². The summed E-state index contributed by atoms with van der Waals surface area (Å²) in [6.07, 6.45) is -1.12. The number of ether oxygens (including phenoxy) is 2. The SMILES string of the molecule is CC(C)COC(=O)C(CCC(=O)O)NC(=O)OCc1ccccc1. The Morgan fingerprint density at radius 1 is 1.12 bits per heavy atom.